The number of nitrogens with one attached hydrogen (secondary N) is 2. The van der Waals surface area contributed by atoms with Crippen molar-refractivity contribution in [3.8, 4) is 0 Å². The minimum atomic E-state index is -0.141. The number of piperidine rings is 1. The Morgan fingerprint density at radius 3 is 2.65 bits per heavy atom. The number of ether oxygens (including phenoxy) is 1. The number of likely N-dealkylation sites (tertiary alicyclic amines) is 1. The van der Waals surface area contributed by atoms with Gasteiger partial charge in [0.05, 0.1) is 24.4 Å². The third kappa shape index (κ3) is 5.73. The van der Waals surface area contributed by atoms with Gasteiger partial charge in [-0.25, -0.2) is 0 Å². The van der Waals surface area contributed by atoms with Crippen molar-refractivity contribution in [1.82, 2.24) is 15.5 Å². The van der Waals surface area contributed by atoms with E-state index in [0.717, 1.165) is 62.1 Å². The van der Waals surface area contributed by atoms with Crippen LogP contribution >= 0.6 is 0 Å². The van der Waals surface area contributed by atoms with E-state index in [1.165, 1.54) is 38.5 Å². The van der Waals surface area contributed by atoms with Gasteiger partial charge in [0.2, 0.25) is 11.8 Å². The fourth-order valence-electron chi connectivity index (χ4n) is 13.2. The summed E-state index contributed by atoms with van der Waals surface area (Å²) < 4.78 is 7.40. The Kier molecular flexibility index (Phi) is 8.63. The summed E-state index contributed by atoms with van der Waals surface area (Å²) in [5.74, 6) is 3.18. The molecule has 2 saturated heterocycles. The number of amides is 2. The van der Waals surface area contributed by atoms with Gasteiger partial charge in [0.15, 0.2) is 0 Å². The van der Waals surface area contributed by atoms with Crippen LogP contribution in [0.3, 0.4) is 0 Å². The van der Waals surface area contributed by atoms with E-state index in [1.807, 2.05) is 30.3 Å². The second-order valence-corrected chi connectivity index (χ2v) is 18.4. The van der Waals surface area contributed by atoms with Crippen LogP contribution in [-0.4, -0.2) is 71.9 Å². The molecule has 6 fully saturated rings. The summed E-state index contributed by atoms with van der Waals surface area (Å²) in [6.07, 6.45) is 15.6. The number of hydrogen-bond donors (Lipinski definition) is 3. The number of benzene rings is 1. The van der Waals surface area contributed by atoms with E-state index in [9.17, 15) is 14.7 Å². The van der Waals surface area contributed by atoms with Crippen LogP contribution in [0.25, 0.3) is 0 Å². The number of carbonyl (C=O) groups excluding carboxylic acids is 2. The third-order valence-corrected chi connectivity index (χ3v) is 15.7. The Balaban J connectivity index is 0.887. The number of aryl methyl sites for hydroxylation is 1. The maximum absolute atomic E-state index is 12.7. The molecule has 7 heteroatoms. The number of hydrogen-bond acceptors (Lipinski definition) is 5. The first kappa shape index (κ1) is 33.9. The first-order chi connectivity index (χ1) is 23.5. The van der Waals surface area contributed by atoms with Gasteiger partial charge in [0, 0.05) is 38.0 Å². The molecule has 7 aliphatic rings. The van der Waals surface area contributed by atoms with Crippen molar-refractivity contribution in [3.05, 3.63) is 47.5 Å². The number of allylic oxidation sites excluding steroid dienone is 1. The monoisotopic (exact) mass is 671 g/mol. The van der Waals surface area contributed by atoms with E-state index in [4.69, 9.17) is 4.74 Å². The molecule has 4 saturated carbocycles. The molecule has 2 heterocycles. The molecule has 12 atom stereocenters. The Morgan fingerprint density at radius 2 is 1.84 bits per heavy atom. The topological polar surface area (TPSA) is 90.9 Å². The molecule has 1 aromatic rings. The highest BCUT2D eigenvalue weighted by Gasteiger charge is 2.77. The quantitative estimate of drug-likeness (QED) is 0.293. The van der Waals surface area contributed by atoms with Crippen LogP contribution in [0.15, 0.2) is 42.0 Å². The molecule has 3 N–H and O–H groups in total. The number of carbonyl (C=O) groups is 2. The van der Waals surface area contributed by atoms with Crippen molar-refractivity contribution in [3.63, 3.8) is 0 Å². The number of fused-ring (bicyclic) bond motifs is 5. The van der Waals surface area contributed by atoms with Gasteiger partial charge in [-0.15, -0.1) is 0 Å². The summed E-state index contributed by atoms with van der Waals surface area (Å²) in [5, 5.41) is 16.4. The van der Waals surface area contributed by atoms with Gasteiger partial charge >= 0.3 is 0 Å². The summed E-state index contributed by atoms with van der Waals surface area (Å²) >= 11 is 0. The van der Waals surface area contributed by atoms with E-state index in [0.29, 0.717) is 48.1 Å². The van der Waals surface area contributed by atoms with Crippen molar-refractivity contribution in [2.75, 3.05) is 26.2 Å². The molecule has 1 aromatic carbocycles. The number of aliphatic hydroxyl groups excluding tert-OH is 1. The molecule has 49 heavy (non-hydrogen) atoms. The van der Waals surface area contributed by atoms with E-state index < -0.39 is 0 Å². The standard InChI is InChI=1S/C42H61N3O4/c1-27-20-35-38(45(24-27)19-18-43-37(48)23-44-36(47)13-10-29-8-6-5-7-9-29)28(2)42(49-35)17-15-33-32-12-11-30-21-31(46)14-16-40(30,4)34(32)22-41(33)25-39(41,3)26-42/h5-9,11,27-28,31-35,38,46H,10,12-26H2,1-4H3,(H,43,48)(H,44,47)/t27-,28+,31-,32-,33-,34-,35+,38-,39?,40-,41?,42-/m0/s1. The lowest BCUT2D eigenvalue weighted by Crippen LogP contribution is -2.54. The molecule has 2 amide bonds. The van der Waals surface area contributed by atoms with Gasteiger partial charge in [-0.2, -0.15) is 0 Å². The van der Waals surface area contributed by atoms with Crippen molar-refractivity contribution >= 4 is 11.8 Å². The second kappa shape index (κ2) is 12.5. The predicted molar refractivity (Wildman–Crippen MR) is 191 cm³/mol. The lowest BCUT2D eigenvalue weighted by molar-refractivity contribution is -0.126. The Hall–Kier alpha value is -2.22. The average Bonchev–Trinajstić information content (AvgIpc) is 3.38. The van der Waals surface area contributed by atoms with Crippen molar-refractivity contribution in [2.45, 2.75) is 129 Å². The maximum Gasteiger partial charge on any atom is 0.239 e. The van der Waals surface area contributed by atoms with Gasteiger partial charge < -0.3 is 20.5 Å². The van der Waals surface area contributed by atoms with Gasteiger partial charge in [0.25, 0.3) is 0 Å². The summed E-state index contributed by atoms with van der Waals surface area (Å²) in [7, 11) is 0. The van der Waals surface area contributed by atoms with Crippen LogP contribution in [-0.2, 0) is 20.7 Å². The second-order valence-electron chi connectivity index (χ2n) is 18.4. The molecular weight excluding hydrogens is 610 g/mol. The third-order valence-electron chi connectivity index (χ3n) is 15.7. The zero-order valence-corrected chi connectivity index (χ0v) is 30.5. The summed E-state index contributed by atoms with van der Waals surface area (Å²) in [6.45, 7) is 12.5. The molecule has 2 unspecified atom stereocenters. The van der Waals surface area contributed by atoms with Crippen LogP contribution < -0.4 is 10.6 Å². The van der Waals surface area contributed by atoms with E-state index in [-0.39, 0.29) is 41.6 Å². The van der Waals surface area contributed by atoms with E-state index in [2.05, 4.69) is 49.3 Å². The molecule has 0 bridgehead atoms. The van der Waals surface area contributed by atoms with Crippen LogP contribution in [0.1, 0.15) is 104 Å². The highest BCUT2D eigenvalue weighted by atomic mass is 16.5. The average molecular weight is 672 g/mol. The lowest BCUT2D eigenvalue weighted by Gasteiger charge is -2.49. The minimum absolute atomic E-state index is 0.0280. The Bertz CT molecular complexity index is 1460. The van der Waals surface area contributed by atoms with Crippen LogP contribution in [0.2, 0.25) is 0 Å². The van der Waals surface area contributed by atoms with Crippen LogP contribution in [0, 0.1) is 45.8 Å². The van der Waals surface area contributed by atoms with E-state index in [1.54, 1.807) is 5.57 Å². The molecule has 0 aromatic heterocycles. The van der Waals surface area contributed by atoms with Crippen LogP contribution in [0.5, 0.6) is 0 Å². The van der Waals surface area contributed by atoms with Gasteiger partial charge in [-0.1, -0.05) is 69.7 Å². The maximum atomic E-state index is 12.7. The largest absolute Gasteiger partial charge is 0.393 e. The highest BCUT2D eigenvalue weighted by molar-refractivity contribution is 5.84. The molecule has 268 valence electrons. The molecule has 8 rings (SSSR count). The molecular formula is C42H61N3O4. The first-order valence-corrected chi connectivity index (χ1v) is 19.8. The number of rotatable bonds is 8. The predicted octanol–water partition coefficient (Wildman–Crippen LogP) is 6.05. The molecule has 7 nitrogen and oxygen atoms in total. The fourth-order valence-corrected chi connectivity index (χ4v) is 13.2. The fraction of sp³-hybridized carbons (Fsp3) is 0.762. The zero-order valence-electron chi connectivity index (χ0n) is 30.5. The van der Waals surface area contributed by atoms with Crippen LogP contribution in [0.4, 0.5) is 0 Å². The summed E-state index contributed by atoms with van der Waals surface area (Å²) in [4.78, 5) is 27.7. The molecule has 2 aliphatic heterocycles. The van der Waals surface area contributed by atoms with Crippen molar-refractivity contribution in [2.24, 2.45) is 45.8 Å². The lowest BCUT2D eigenvalue weighted by atomic mass is 9.56. The highest BCUT2D eigenvalue weighted by Crippen LogP contribution is 2.83. The van der Waals surface area contributed by atoms with Crippen molar-refractivity contribution in [1.29, 1.82) is 0 Å². The van der Waals surface area contributed by atoms with Gasteiger partial charge in [-0.05, 0) is 116 Å². The summed E-state index contributed by atoms with van der Waals surface area (Å²) in [5.41, 5.74) is 3.76. The van der Waals surface area contributed by atoms with Gasteiger partial charge in [0.1, 0.15) is 0 Å². The molecule has 2 spiro atoms. The first-order valence-electron chi connectivity index (χ1n) is 19.8. The SMILES string of the molecule is C[C@H]1C[C@H]2O[C@]3(CC[C@H]4[C@@H]5CC=C6C[C@@H](O)CC[C@]6(C)[C@H]5CC45CC5(C)C3)[C@H](C)[C@@H]2N(CCNC(=O)CNC(=O)CCc2ccccc2)C1. The summed E-state index contributed by atoms with van der Waals surface area (Å²) in [6, 6.07) is 10.4. The van der Waals surface area contributed by atoms with E-state index >= 15 is 0 Å². The number of aliphatic hydroxyl groups is 1. The Labute approximate surface area is 294 Å². The smallest absolute Gasteiger partial charge is 0.239 e. The molecule has 0 radical (unpaired) electrons. The Morgan fingerprint density at radius 1 is 1.02 bits per heavy atom. The van der Waals surface area contributed by atoms with Gasteiger partial charge in [-0.3, -0.25) is 14.5 Å². The molecule has 5 aliphatic carbocycles. The minimum Gasteiger partial charge on any atom is -0.393 e. The number of nitrogens with zero attached hydrogens (tertiary/aromatic N) is 1. The normalized spacial score (nSPS) is 45.2. The van der Waals surface area contributed by atoms with Crippen molar-refractivity contribution < 1.29 is 19.4 Å². The zero-order chi connectivity index (χ0) is 34.2.